The molecule has 0 bridgehead atoms. The zero-order valence-corrected chi connectivity index (χ0v) is 16.5. The maximum atomic E-state index is 12.9. The second-order valence-corrected chi connectivity index (χ2v) is 7.24. The highest BCUT2D eigenvalue weighted by molar-refractivity contribution is 6.02. The van der Waals surface area contributed by atoms with Crippen molar-refractivity contribution < 1.29 is 9.59 Å². The molecule has 1 aliphatic heterocycles. The number of carbonyl (C=O) groups excluding carboxylic acids is 2. The van der Waals surface area contributed by atoms with Crippen LogP contribution in [0.15, 0.2) is 47.5 Å². The van der Waals surface area contributed by atoms with Crippen molar-refractivity contribution in [3.05, 3.63) is 58.9 Å². The number of hydrogen-bond donors (Lipinski definition) is 2. The summed E-state index contributed by atoms with van der Waals surface area (Å²) in [6, 6.07) is 8.29. The van der Waals surface area contributed by atoms with Crippen LogP contribution in [0.4, 0.5) is 11.4 Å². The number of nitrogens with zero attached hydrogens (tertiary/aromatic N) is 4. The van der Waals surface area contributed by atoms with E-state index in [1.54, 1.807) is 41.2 Å². The van der Waals surface area contributed by atoms with Gasteiger partial charge in [-0.1, -0.05) is 0 Å². The number of pyridine rings is 1. The molecule has 9 nitrogen and oxygen atoms in total. The Kier molecular flexibility index (Phi) is 5.18. The Hall–Kier alpha value is -3.75. The van der Waals surface area contributed by atoms with Gasteiger partial charge < -0.3 is 15.6 Å². The Morgan fingerprint density at radius 3 is 2.47 bits per heavy atom. The molecule has 0 aliphatic carbocycles. The van der Waals surface area contributed by atoms with E-state index in [2.05, 4.69) is 15.3 Å². The number of carbonyl (C=O) groups is 2. The summed E-state index contributed by atoms with van der Waals surface area (Å²) in [5, 5.41) is 4.06. The van der Waals surface area contributed by atoms with E-state index in [1.165, 1.54) is 11.0 Å². The molecule has 1 atom stereocenters. The molecule has 3 N–H and O–H groups in total. The Morgan fingerprint density at radius 1 is 1.07 bits per heavy atom. The van der Waals surface area contributed by atoms with E-state index < -0.39 is 0 Å². The van der Waals surface area contributed by atoms with E-state index in [0.29, 0.717) is 22.7 Å². The van der Waals surface area contributed by atoms with Gasteiger partial charge in [0, 0.05) is 61.2 Å². The molecule has 1 unspecified atom stereocenters. The molecule has 1 fully saturated rings. The highest BCUT2D eigenvalue weighted by atomic mass is 16.2. The fourth-order valence-corrected chi connectivity index (χ4v) is 3.66. The lowest BCUT2D eigenvalue weighted by Gasteiger charge is -2.20. The standard InChI is InChI=1S/C21H22N6O3/c1-13(21-23-7-2-8-24-21)25-16-12-20(30)26(17-4-3-14(22)11-15(16)17)9-10-27-18(28)5-6-19(27)29/h2-4,7-8,11-13,25H,5-6,9-10,22H2,1H3. The van der Waals surface area contributed by atoms with Crippen LogP contribution in [0.3, 0.4) is 0 Å². The average Bonchev–Trinajstić information content (AvgIpc) is 3.06. The van der Waals surface area contributed by atoms with Crippen molar-refractivity contribution in [3.63, 3.8) is 0 Å². The van der Waals surface area contributed by atoms with Crippen molar-refractivity contribution in [2.24, 2.45) is 0 Å². The first kappa shape index (κ1) is 19.6. The molecule has 4 rings (SSSR count). The molecular weight excluding hydrogens is 384 g/mol. The maximum absolute atomic E-state index is 12.9. The largest absolute Gasteiger partial charge is 0.399 e. The van der Waals surface area contributed by atoms with Crippen LogP contribution in [-0.4, -0.2) is 37.8 Å². The van der Waals surface area contributed by atoms with E-state index in [0.717, 1.165) is 5.39 Å². The van der Waals surface area contributed by atoms with E-state index >= 15 is 0 Å². The number of hydrogen-bond acceptors (Lipinski definition) is 7. The molecule has 3 aromatic rings. The summed E-state index contributed by atoms with van der Waals surface area (Å²) in [6.07, 6.45) is 3.78. The van der Waals surface area contributed by atoms with Crippen LogP contribution in [0.1, 0.15) is 31.6 Å². The van der Waals surface area contributed by atoms with Crippen molar-refractivity contribution in [3.8, 4) is 0 Å². The lowest BCUT2D eigenvalue weighted by Crippen LogP contribution is -2.34. The first-order valence-corrected chi connectivity index (χ1v) is 9.74. The number of benzene rings is 1. The van der Waals surface area contributed by atoms with Gasteiger partial charge in [0.1, 0.15) is 5.82 Å². The maximum Gasteiger partial charge on any atom is 0.253 e. The summed E-state index contributed by atoms with van der Waals surface area (Å²) in [7, 11) is 0. The van der Waals surface area contributed by atoms with E-state index in [9.17, 15) is 14.4 Å². The van der Waals surface area contributed by atoms with Gasteiger partial charge in [-0.2, -0.15) is 0 Å². The van der Waals surface area contributed by atoms with Crippen molar-refractivity contribution in [2.75, 3.05) is 17.6 Å². The molecule has 9 heteroatoms. The second-order valence-electron chi connectivity index (χ2n) is 7.24. The molecule has 1 saturated heterocycles. The number of nitrogens with two attached hydrogens (primary N) is 1. The molecule has 0 radical (unpaired) electrons. The minimum absolute atomic E-state index is 0.165. The Balaban J connectivity index is 1.69. The SMILES string of the molecule is CC(Nc1cc(=O)n(CCN2C(=O)CCC2=O)c2ccc(N)cc12)c1ncccn1. The minimum Gasteiger partial charge on any atom is -0.399 e. The fraction of sp³-hybridized carbons (Fsp3) is 0.286. The van der Waals surface area contributed by atoms with Crippen LogP contribution >= 0.6 is 0 Å². The van der Waals surface area contributed by atoms with Crippen molar-refractivity contribution >= 4 is 34.1 Å². The van der Waals surface area contributed by atoms with Gasteiger partial charge in [0.25, 0.3) is 5.56 Å². The van der Waals surface area contributed by atoms with Gasteiger partial charge in [0.05, 0.1) is 11.6 Å². The van der Waals surface area contributed by atoms with Crippen LogP contribution in [0, 0.1) is 0 Å². The predicted molar refractivity (Wildman–Crippen MR) is 113 cm³/mol. The topological polar surface area (TPSA) is 123 Å². The number of aromatic nitrogens is 3. The Bertz CT molecular complexity index is 1160. The van der Waals surface area contributed by atoms with Crippen LogP contribution in [0.5, 0.6) is 0 Å². The fourth-order valence-electron chi connectivity index (χ4n) is 3.66. The number of amides is 2. The van der Waals surface area contributed by atoms with Crippen LogP contribution in [-0.2, 0) is 16.1 Å². The number of nitrogens with one attached hydrogen (secondary N) is 1. The molecule has 0 spiro atoms. The Labute approximate surface area is 172 Å². The zero-order valence-electron chi connectivity index (χ0n) is 16.5. The third-order valence-electron chi connectivity index (χ3n) is 5.18. The number of anilines is 2. The first-order chi connectivity index (χ1) is 14.4. The molecule has 2 amide bonds. The number of likely N-dealkylation sites (tertiary alicyclic amines) is 1. The zero-order chi connectivity index (χ0) is 21.3. The van der Waals surface area contributed by atoms with Gasteiger partial charge in [-0.25, -0.2) is 9.97 Å². The van der Waals surface area contributed by atoms with Gasteiger partial charge >= 0.3 is 0 Å². The monoisotopic (exact) mass is 406 g/mol. The quantitative estimate of drug-likeness (QED) is 0.472. The van der Waals surface area contributed by atoms with Crippen molar-refractivity contribution in [2.45, 2.75) is 32.4 Å². The Morgan fingerprint density at radius 2 is 1.77 bits per heavy atom. The van der Waals surface area contributed by atoms with Gasteiger partial charge in [-0.3, -0.25) is 19.3 Å². The summed E-state index contributed by atoms with van der Waals surface area (Å²) >= 11 is 0. The summed E-state index contributed by atoms with van der Waals surface area (Å²) < 4.78 is 1.56. The number of imide groups is 1. The summed E-state index contributed by atoms with van der Waals surface area (Å²) in [5.74, 6) is 0.206. The molecule has 0 saturated carbocycles. The lowest BCUT2D eigenvalue weighted by atomic mass is 10.1. The molecule has 30 heavy (non-hydrogen) atoms. The number of nitrogen functional groups attached to an aromatic ring is 1. The molecule has 1 aromatic carbocycles. The third kappa shape index (κ3) is 3.73. The van der Waals surface area contributed by atoms with Gasteiger partial charge in [-0.05, 0) is 31.2 Å². The summed E-state index contributed by atoms with van der Waals surface area (Å²) in [6.45, 7) is 2.29. The van der Waals surface area contributed by atoms with Crippen LogP contribution in [0.2, 0.25) is 0 Å². The molecule has 3 heterocycles. The second kappa shape index (κ2) is 7.94. The third-order valence-corrected chi connectivity index (χ3v) is 5.18. The lowest BCUT2D eigenvalue weighted by molar-refractivity contribution is -0.138. The summed E-state index contributed by atoms with van der Waals surface area (Å²) in [5.41, 5.74) is 7.60. The van der Waals surface area contributed by atoms with Crippen LogP contribution in [0.25, 0.3) is 10.9 Å². The summed E-state index contributed by atoms with van der Waals surface area (Å²) in [4.78, 5) is 46.4. The van der Waals surface area contributed by atoms with E-state index in [4.69, 9.17) is 5.73 Å². The van der Waals surface area contributed by atoms with Crippen LogP contribution < -0.4 is 16.6 Å². The van der Waals surface area contributed by atoms with Gasteiger partial charge in [0.15, 0.2) is 0 Å². The average molecular weight is 406 g/mol. The number of rotatable bonds is 6. The van der Waals surface area contributed by atoms with E-state index in [-0.39, 0.29) is 49.3 Å². The smallest absolute Gasteiger partial charge is 0.253 e. The van der Waals surface area contributed by atoms with E-state index in [1.807, 2.05) is 6.92 Å². The first-order valence-electron chi connectivity index (χ1n) is 9.74. The molecular formula is C21H22N6O3. The highest BCUT2D eigenvalue weighted by Crippen LogP contribution is 2.27. The predicted octanol–water partition coefficient (Wildman–Crippen LogP) is 1.70. The van der Waals surface area contributed by atoms with Gasteiger partial charge in [-0.15, -0.1) is 0 Å². The highest BCUT2D eigenvalue weighted by Gasteiger charge is 2.28. The minimum atomic E-state index is -0.241. The number of fused-ring (bicyclic) bond motifs is 1. The molecule has 1 aliphatic rings. The molecule has 154 valence electrons. The normalized spacial score (nSPS) is 15.0. The molecule has 2 aromatic heterocycles. The van der Waals surface area contributed by atoms with Crippen molar-refractivity contribution in [1.82, 2.24) is 19.4 Å². The van der Waals surface area contributed by atoms with Crippen molar-refractivity contribution in [1.29, 1.82) is 0 Å². The van der Waals surface area contributed by atoms with Gasteiger partial charge in [0.2, 0.25) is 11.8 Å².